The van der Waals surface area contributed by atoms with Crippen molar-refractivity contribution in [1.29, 1.82) is 0 Å². The highest BCUT2D eigenvalue weighted by Crippen LogP contribution is 2.36. The van der Waals surface area contributed by atoms with E-state index in [-0.39, 0.29) is 0 Å². The minimum Gasteiger partial charge on any atom is -0.310 e. The summed E-state index contributed by atoms with van der Waals surface area (Å²) in [5, 5.41) is 0. The topological polar surface area (TPSA) is 3.24 Å². The maximum atomic E-state index is 3.30. The first kappa shape index (κ1) is 18.6. The first-order valence-corrected chi connectivity index (χ1v) is 9.80. The van der Waals surface area contributed by atoms with E-state index in [4.69, 9.17) is 0 Å². The van der Waals surface area contributed by atoms with Crippen LogP contribution in [0.3, 0.4) is 0 Å². The van der Waals surface area contributed by atoms with Crippen molar-refractivity contribution in [3.63, 3.8) is 0 Å². The number of hydrogen-bond acceptors (Lipinski definition) is 1. The SMILES string of the molecule is Cc1ccc(C#Cc2ccc(N(c3ccccc3)c3ccccc3)c(C)c2)cc1. The highest BCUT2D eigenvalue weighted by molar-refractivity contribution is 5.78. The maximum Gasteiger partial charge on any atom is 0.0491 e. The van der Waals surface area contributed by atoms with Gasteiger partial charge in [0.15, 0.2) is 0 Å². The number of rotatable bonds is 3. The van der Waals surface area contributed by atoms with E-state index in [9.17, 15) is 0 Å². The van der Waals surface area contributed by atoms with Crippen LogP contribution in [0.25, 0.3) is 0 Å². The Hall–Kier alpha value is -3.76. The van der Waals surface area contributed by atoms with Gasteiger partial charge in [-0.05, 0) is 74.0 Å². The largest absolute Gasteiger partial charge is 0.310 e. The molecule has 0 fully saturated rings. The fourth-order valence-electron chi connectivity index (χ4n) is 3.35. The average molecular weight is 373 g/mol. The Kier molecular flexibility index (Phi) is 5.45. The van der Waals surface area contributed by atoms with Crippen molar-refractivity contribution in [1.82, 2.24) is 0 Å². The highest BCUT2D eigenvalue weighted by atomic mass is 15.1. The van der Waals surface area contributed by atoms with Gasteiger partial charge >= 0.3 is 0 Å². The van der Waals surface area contributed by atoms with Crippen LogP contribution < -0.4 is 4.90 Å². The minimum absolute atomic E-state index is 1.02. The van der Waals surface area contributed by atoms with Crippen LogP contribution in [0, 0.1) is 25.7 Å². The van der Waals surface area contributed by atoms with Crippen LogP contribution in [0.5, 0.6) is 0 Å². The molecule has 4 aromatic rings. The van der Waals surface area contributed by atoms with Gasteiger partial charge < -0.3 is 4.90 Å². The van der Waals surface area contributed by atoms with Crippen LogP contribution in [-0.4, -0.2) is 0 Å². The van der Waals surface area contributed by atoms with Crippen molar-refractivity contribution < 1.29 is 0 Å². The average Bonchev–Trinajstić information content (AvgIpc) is 2.76. The van der Waals surface area contributed by atoms with Crippen molar-refractivity contribution in [2.75, 3.05) is 4.90 Å². The summed E-state index contributed by atoms with van der Waals surface area (Å²) in [6.45, 7) is 4.23. The van der Waals surface area contributed by atoms with Gasteiger partial charge in [0.05, 0.1) is 0 Å². The van der Waals surface area contributed by atoms with Gasteiger partial charge in [-0.1, -0.05) is 65.9 Å². The molecular formula is C28H23N. The van der Waals surface area contributed by atoms with Crippen molar-refractivity contribution in [3.05, 3.63) is 125 Å². The maximum absolute atomic E-state index is 3.30. The summed E-state index contributed by atoms with van der Waals surface area (Å²) in [4.78, 5) is 2.28. The number of para-hydroxylation sites is 2. The summed E-state index contributed by atoms with van der Waals surface area (Å²) in [7, 11) is 0. The molecule has 0 unspecified atom stereocenters. The Morgan fingerprint density at radius 1 is 0.552 bits per heavy atom. The first-order chi connectivity index (χ1) is 14.2. The molecule has 0 bridgehead atoms. The Morgan fingerprint density at radius 3 is 1.62 bits per heavy atom. The smallest absolute Gasteiger partial charge is 0.0491 e. The van der Waals surface area contributed by atoms with E-state index in [0.717, 1.165) is 28.2 Å². The lowest BCUT2D eigenvalue weighted by atomic mass is 10.1. The van der Waals surface area contributed by atoms with E-state index < -0.39 is 0 Å². The molecule has 0 saturated carbocycles. The van der Waals surface area contributed by atoms with Gasteiger partial charge in [0.1, 0.15) is 0 Å². The molecule has 4 aromatic carbocycles. The molecule has 0 aliphatic heterocycles. The molecule has 140 valence electrons. The van der Waals surface area contributed by atoms with E-state index in [1.807, 2.05) is 12.1 Å². The molecule has 29 heavy (non-hydrogen) atoms. The third-order valence-electron chi connectivity index (χ3n) is 4.87. The molecule has 0 radical (unpaired) electrons. The van der Waals surface area contributed by atoms with Crippen molar-refractivity contribution in [2.24, 2.45) is 0 Å². The Balaban J connectivity index is 1.71. The molecular weight excluding hydrogens is 350 g/mol. The van der Waals surface area contributed by atoms with Crippen LogP contribution in [-0.2, 0) is 0 Å². The van der Waals surface area contributed by atoms with E-state index in [1.54, 1.807) is 0 Å². The molecule has 0 aromatic heterocycles. The van der Waals surface area contributed by atoms with E-state index in [0.29, 0.717) is 0 Å². The van der Waals surface area contributed by atoms with Gasteiger partial charge in [-0.15, -0.1) is 0 Å². The second-order valence-electron chi connectivity index (χ2n) is 7.12. The van der Waals surface area contributed by atoms with Crippen molar-refractivity contribution in [3.8, 4) is 11.8 Å². The molecule has 1 nitrogen and oxygen atoms in total. The van der Waals surface area contributed by atoms with E-state index >= 15 is 0 Å². The van der Waals surface area contributed by atoms with Crippen molar-refractivity contribution in [2.45, 2.75) is 13.8 Å². The number of nitrogens with zero attached hydrogens (tertiary/aromatic N) is 1. The second kappa shape index (κ2) is 8.50. The summed E-state index contributed by atoms with van der Waals surface area (Å²) < 4.78 is 0. The lowest BCUT2D eigenvalue weighted by Crippen LogP contribution is -2.11. The van der Waals surface area contributed by atoms with Gasteiger partial charge in [-0.25, -0.2) is 0 Å². The molecule has 0 heterocycles. The first-order valence-electron chi connectivity index (χ1n) is 9.80. The third-order valence-corrected chi connectivity index (χ3v) is 4.87. The Labute approximate surface area is 173 Å². The fraction of sp³-hybridized carbons (Fsp3) is 0.0714. The van der Waals surface area contributed by atoms with Gasteiger partial charge in [-0.2, -0.15) is 0 Å². The summed E-state index contributed by atoms with van der Waals surface area (Å²) >= 11 is 0. The van der Waals surface area contributed by atoms with Gasteiger partial charge in [-0.3, -0.25) is 0 Å². The van der Waals surface area contributed by atoms with Crippen molar-refractivity contribution >= 4 is 17.1 Å². The standard InChI is InChI=1S/C28H23N/c1-22-13-15-24(16-14-22)17-18-25-19-20-28(23(2)21-25)29(26-9-5-3-6-10-26)27-11-7-4-8-12-27/h3-16,19-21H,1-2H3. The van der Waals surface area contributed by atoms with E-state index in [1.165, 1.54) is 11.1 Å². The molecule has 1 heteroatoms. The summed E-state index contributed by atoms with van der Waals surface area (Å²) in [5.41, 5.74) is 7.93. The monoisotopic (exact) mass is 373 g/mol. The lowest BCUT2D eigenvalue weighted by Gasteiger charge is -2.27. The molecule has 0 atom stereocenters. The fourth-order valence-corrected chi connectivity index (χ4v) is 3.35. The summed E-state index contributed by atoms with van der Waals surface area (Å²) in [5.74, 6) is 6.56. The number of anilines is 3. The second-order valence-corrected chi connectivity index (χ2v) is 7.12. The zero-order valence-corrected chi connectivity index (χ0v) is 16.8. The Morgan fingerprint density at radius 2 is 1.07 bits per heavy atom. The normalized spacial score (nSPS) is 10.1. The number of hydrogen-bond donors (Lipinski definition) is 0. The van der Waals surface area contributed by atoms with Crippen LogP contribution in [0.15, 0.2) is 103 Å². The van der Waals surface area contributed by atoms with E-state index in [2.05, 4.69) is 122 Å². The van der Waals surface area contributed by atoms with Gasteiger partial charge in [0, 0.05) is 28.2 Å². The highest BCUT2D eigenvalue weighted by Gasteiger charge is 2.13. The molecule has 0 amide bonds. The minimum atomic E-state index is 1.02. The van der Waals surface area contributed by atoms with Gasteiger partial charge in [0.2, 0.25) is 0 Å². The van der Waals surface area contributed by atoms with Crippen LogP contribution in [0.4, 0.5) is 17.1 Å². The molecule has 4 rings (SSSR count). The number of benzene rings is 4. The summed E-state index contributed by atoms with van der Waals surface area (Å²) in [6.07, 6.45) is 0. The molecule has 0 saturated heterocycles. The third kappa shape index (κ3) is 4.39. The molecule has 0 N–H and O–H groups in total. The quantitative estimate of drug-likeness (QED) is 0.344. The zero-order valence-electron chi connectivity index (χ0n) is 16.8. The van der Waals surface area contributed by atoms with Crippen LogP contribution in [0.2, 0.25) is 0 Å². The zero-order chi connectivity index (χ0) is 20.1. The van der Waals surface area contributed by atoms with Crippen LogP contribution >= 0.6 is 0 Å². The Bertz CT molecular complexity index is 1110. The summed E-state index contributed by atoms with van der Waals surface area (Å²) in [6, 6.07) is 35.7. The molecule has 0 spiro atoms. The van der Waals surface area contributed by atoms with Crippen LogP contribution in [0.1, 0.15) is 22.3 Å². The predicted molar refractivity (Wildman–Crippen MR) is 123 cm³/mol. The molecule has 0 aliphatic carbocycles. The molecule has 0 aliphatic rings. The predicted octanol–water partition coefficient (Wildman–Crippen LogP) is 7.17. The van der Waals surface area contributed by atoms with Gasteiger partial charge in [0.25, 0.3) is 0 Å². The number of aryl methyl sites for hydroxylation is 2. The lowest BCUT2D eigenvalue weighted by molar-refractivity contribution is 1.25.